The van der Waals surface area contributed by atoms with E-state index in [0.29, 0.717) is 12.1 Å². The molecule has 10 heteroatoms. The lowest BCUT2D eigenvalue weighted by molar-refractivity contribution is -0.388. The number of halogens is 6. The Kier molecular flexibility index (Phi) is 3.40. The summed E-state index contributed by atoms with van der Waals surface area (Å²) in [5, 5.41) is 10.3. The van der Waals surface area contributed by atoms with Crippen LogP contribution in [0.1, 0.15) is 5.56 Å². The summed E-state index contributed by atoms with van der Waals surface area (Å²) in [6.45, 7) is 0. The van der Waals surface area contributed by atoms with Gasteiger partial charge in [-0.05, 0) is 12.1 Å². The van der Waals surface area contributed by atoms with Crippen LogP contribution in [0.25, 0.3) is 0 Å². The van der Waals surface area contributed by atoms with E-state index in [-0.39, 0.29) is 6.07 Å². The van der Waals surface area contributed by atoms with E-state index in [9.17, 15) is 36.5 Å². The number of nitrogens with zero attached hydrogens (tertiary/aromatic N) is 1. The minimum Gasteiger partial charge on any atom is -0.406 e. The van der Waals surface area contributed by atoms with Crippen molar-refractivity contribution in [3.63, 3.8) is 0 Å². The molecule has 0 N–H and O–H groups in total. The molecule has 0 spiro atoms. The van der Waals surface area contributed by atoms with E-state index in [4.69, 9.17) is 0 Å². The highest BCUT2D eigenvalue weighted by atomic mass is 19.4. The normalized spacial score (nSPS) is 12.3. The lowest BCUT2D eigenvalue weighted by atomic mass is 10.1. The van der Waals surface area contributed by atoms with E-state index < -0.39 is 34.5 Å². The summed E-state index contributed by atoms with van der Waals surface area (Å²) < 4.78 is 75.8. The Hall–Kier alpha value is -2.00. The van der Waals surface area contributed by atoms with Crippen LogP contribution in [0, 0.1) is 10.1 Å². The molecule has 0 aliphatic carbocycles. The molecular formula is C8H3F6NO3. The van der Waals surface area contributed by atoms with E-state index in [0.717, 1.165) is 0 Å². The molecule has 0 unspecified atom stereocenters. The van der Waals surface area contributed by atoms with Gasteiger partial charge < -0.3 is 4.74 Å². The zero-order chi connectivity index (χ0) is 14.1. The van der Waals surface area contributed by atoms with Crippen LogP contribution in [0.3, 0.4) is 0 Å². The molecule has 1 rings (SSSR count). The fourth-order valence-electron chi connectivity index (χ4n) is 1.10. The highest BCUT2D eigenvalue weighted by molar-refractivity contribution is 5.47. The molecule has 100 valence electrons. The summed E-state index contributed by atoms with van der Waals surface area (Å²) in [6, 6.07) is 0.649. The summed E-state index contributed by atoms with van der Waals surface area (Å²) >= 11 is 0. The van der Waals surface area contributed by atoms with Crippen molar-refractivity contribution in [2.45, 2.75) is 12.5 Å². The lowest BCUT2D eigenvalue weighted by Gasteiger charge is -2.12. The molecule has 1 aromatic rings. The molecule has 0 amide bonds. The zero-order valence-corrected chi connectivity index (χ0v) is 8.17. The van der Waals surface area contributed by atoms with E-state index in [1.807, 2.05) is 0 Å². The van der Waals surface area contributed by atoms with Crippen molar-refractivity contribution in [1.29, 1.82) is 0 Å². The summed E-state index contributed by atoms with van der Waals surface area (Å²) in [5.74, 6) is -1.18. The van der Waals surface area contributed by atoms with Gasteiger partial charge in [-0.1, -0.05) is 0 Å². The van der Waals surface area contributed by atoms with Gasteiger partial charge in [0.05, 0.1) is 4.92 Å². The van der Waals surface area contributed by atoms with Crippen molar-refractivity contribution in [1.82, 2.24) is 0 Å². The van der Waals surface area contributed by atoms with Crippen molar-refractivity contribution in [3.05, 3.63) is 33.9 Å². The van der Waals surface area contributed by atoms with Gasteiger partial charge in [-0.25, -0.2) is 0 Å². The first-order valence-electron chi connectivity index (χ1n) is 4.12. The van der Waals surface area contributed by atoms with Gasteiger partial charge in [-0.3, -0.25) is 10.1 Å². The number of benzene rings is 1. The van der Waals surface area contributed by atoms with Gasteiger partial charge in [0.25, 0.3) is 5.69 Å². The molecule has 0 saturated carbocycles. The minimum atomic E-state index is -5.18. The quantitative estimate of drug-likeness (QED) is 0.471. The third kappa shape index (κ3) is 3.50. The Balaban J connectivity index is 3.27. The van der Waals surface area contributed by atoms with E-state index in [1.165, 1.54) is 0 Å². The number of hydrogen-bond donors (Lipinski definition) is 0. The summed E-state index contributed by atoms with van der Waals surface area (Å²) in [4.78, 5) is 8.96. The largest absolute Gasteiger partial charge is 0.573 e. The molecular weight excluding hydrogens is 272 g/mol. The predicted octanol–water partition coefficient (Wildman–Crippen LogP) is 3.51. The molecule has 4 nitrogen and oxygen atoms in total. The molecule has 0 aliphatic heterocycles. The second-order valence-electron chi connectivity index (χ2n) is 2.98. The van der Waals surface area contributed by atoms with Crippen LogP contribution in [-0.4, -0.2) is 11.3 Å². The van der Waals surface area contributed by atoms with Gasteiger partial charge in [-0.15, -0.1) is 13.2 Å². The zero-order valence-electron chi connectivity index (χ0n) is 8.17. The Morgan fingerprint density at radius 1 is 1.11 bits per heavy atom. The average molecular weight is 275 g/mol. The number of ether oxygens (including phenoxy) is 1. The molecule has 0 bridgehead atoms. The summed E-state index contributed by atoms with van der Waals surface area (Å²) in [5.41, 5.74) is -3.16. The first kappa shape index (κ1) is 14.1. The highest BCUT2D eigenvalue weighted by Gasteiger charge is 2.40. The number of nitro benzene ring substituents is 1. The summed E-state index contributed by atoms with van der Waals surface area (Å²) in [7, 11) is 0. The van der Waals surface area contributed by atoms with Crippen molar-refractivity contribution in [2.75, 3.05) is 0 Å². The van der Waals surface area contributed by atoms with Crippen molar-refractivity contribution >= 4 is 5.69 Å². The number of nitro groups is 1. The summed E-state index contributed by atoms with van der Waals surface area (Å²) in [6.07, 6.45) is -10.3. The van der Waals surface area contributed by atoms with Gasteiger partial charge in [0.2, 0.25) is 0 Å². The van der Waals surface area contributed by atoms with Gasteiger partial charge >= 0.3 is 12.5 Å². The van der Waals surface area contributed by atoms with Crippen LogP contribution in [-0.2, 0) is 6.18 Å². The molecule has 0 aromatic heterocycles. The second kappa shape index (κ2) is 4.35. The maximum absolute atomic E-state index is 12.4. The van der Waals surface area contributed by atoms with Crippen LogP contribution in [0.2, 0.25) is 0 Å². The lowest BCUT2D eigenvalue weighted by Crippen LogP contribution is -2.18. The molecule has 0 aliphatic rings. The van der Waals surface area contributed by atoms with Gasteiger partial charge in [0, 0.05) is 6.07 Å². The number of hydrogen-bond acceptors (Lipinski definition) is 3. The van der Waals surface area contributed by atoms with Crippen LogP contribution >= 0.6 is 0 Å². The molecule has 0 heterocycles. The van der Waals surface area contributed by atoms with E-state index >= 15 is 0 Å². The number of alkyl halides is 6. The maximum atomic E-state index is 12.4. The topological polar surface area (TPSA) is 52.4 Å². The van der Waals surface area contributed by atoms with Crippen molar-refractivity contribution < 1.29 is 36.0 Å². The van der Waals surface area contributed by atoms with Gasteiger partial charge in [-0.2, -0.15) is 13.2 Å². The monoisotopic (exact) mass is 275 g/mol. The Labute approximate surface area is 94.9 Å². The Bertz CT molecular complexity index is 467. The minimum absolute atomic E-state index is 0.0778. The fraction of sp³-hybridized carbons (Fsp3) is 0.250. The fourth-order valence-corrected chi connectivity index (χ4v) is 1.10. The molecule has 0 atom stereocenters. The Morgan fingerprint density at radius 2 is 1.67 bits per heavy atom. The average Bonchev–Trinajstić information content (AvgIpc) is 2.13. The maximum Gasteiger partial charge on any atom is 0.573 e. The third-order valence-corrected chi connectivity index (χ3v) is 1.70. The standard InChI is InChI=1S/C8H3F6NO3/c9-7(10,11)5-3-4(18-8(12,13)14)1-2-6(5)15(16)17/h1-3H. The van der Waals surface area contributed by atoms with Gasteiger partial charge in [0.1, 0.15) is 11.3 Å². The molecule has 0 fully saturated rings. The van der Waals surface area contributed by atoms with Crippen LogP contribution in [0.15, 0.2) is 18.2 Å². The van der Waals surface area contributed by atoms with Crippen LogP contribution in [0.4, 0.5) is 32.0 Å². The molecule has 0 saturated heterocycles. The van der Waals surface area contributed by atoms with Gasteiger partial charge in [0.15, 0.2) is 0 Å². The first-order chi connectivity index (χ1) is 8.00. The predicted molar refractivity (Wildman–Crippen MR) is 44.8 cm³/mol. The SMILES string of the molecule is O=[N+]([O-])c1ccc(OC(F)(F)F)cc1C(F)(F)F. The van der Waals surface area contributed by atoms with Crippen molar-refractivity contribution in [3.8, 4) is 5.75 Å². The first-order valence-corrected chi connectivity index (χ1v) is 4.12. The Morgan fingerprint density at radius 3 is 2.06 bits per heavy atom. The van der Waals surface area contributed by atoms with Crippen LogP contribution in [0.5, 0.6) is 5.75 Å². The van der Waals surface area contributed by atoms with E-state index in [2.05, 4.69) is 4.74 Å². The molecule has 0 radical (unpaired) electrons. The third-order valence-electron chi connectivity index (χ3n) is 1.70. The highest BCUT2D eigenvalue weighted by Crippen LogP contribution is 2.38. The number of rotatable bonds is 2. The molecule has 18 heavy (non-hydrogen) atoms. The van der Waals surface area contributed by atoms with Crippen molar-refractivity contribution in [2.24, 2.45) is 0 Å². The van der Waals surface area contributed by atoms with Crippen LogP contribution < -0.4 is 4.74 Å². The molecule has 1 aromatic carbocycles. The van der Waals surface area contributed by atoms with E-state index in [1.54, 1.807) is 0 Å². The smallest absolute Gasteiger partial charge is 0.406 e. The second-order valence-corrected chi connectivity index (χ2v) is 2.98.